The topological polar surface area (TPSA) is 77.2 Å². The van der Waals surface area contributed by atoms with Crippen LogP contribution in [0, 0.1) is 5.92 Å². The molecule has 0 spiro atoms. The summed E-state index contributed by atoms with van der Waals surface area (Å²) in [6.45, 7) is 0.677. The highest BCUT2D eigenvalue weighted by atomic mass is 35.5. The van der Waals surface area contributed by atoms with E-state index in [0.29, 0.717) is 5.56 Å². The molecule has 1 amide bonds. The van der Waals surface area contributed by atoms with Crippen LogP contribution in [0.25, 0.3) is 0 Å². The summed E-state index contributed by atoms with van der Waals surface area (Å²) in [5.74, 6) is -0.680. The third-order valence-electron chi connectivity index (χ3n) is 2.45. The fraction of sp³-hybridized carbons (Fsp3) is 0.500. The third kappa shape index (κ3) is 8.91. The zero-order valence-electron chi connectivity index (χ0n) is 11.7. The predicted octanol–water partition coefficient (Wildman–Crippen LogP) is 2.08. The minimum Gasteiger partial charge on any atom is -0.468 e. The van der Waals surface area contributed by atoms with Gasteiger partial charge in [-0.2, -0.15) is 13.2 Å². The van der Waals surface area contributed by atoms with E-state index in [9.17, 15) is 18.0 Å². The standard InChI is InChI=1S/C12H16F3N3O2.2ClH/c1-8(5-16)11(19)18-6-9-2-3-17-10(4-9)20-7-12(13,14)15;;/h2-4,8H,5-7,16H2,1H3,(H,18,19);2*1H. The van der Waals surface area contributed by atoms with Gasteiger partial charge in [0.1, 0.15) is 0 Å². The first-order valence-corrected chi connectivity index (χ1v) is 5.94. The van der Waals surface area contributed by atoms with Gasteiger partial charge in [-0.3, -0.25) is 4.79 Å². The molecule has 5 nitrogen and oxygen atoms in total. The van der Waals surface area contributed by atoms with E-state index in [1.54, 1.807) is 13.0 Å². The lowest BCUT2D eigenvalue weighted by Gasteiger charge is -2.11. The molecular weight excluding hydrogens is 346 g/mol. The van der Waals surface area contributed by atoms with Gasteiger partial charge in [-0.05, 0) is 11.6 Å². The molecule has 1 aromatic rings. The highest BCUT2D eigenvalue weighted by molar-refractivity contribution is 5.85. The lowest BCUT2D eigenvalue weighted by molar-refractivity contribution is -0.154. The Morgan fingerprint density at radius 2 is 2.09 bits per heavy atom. The minimum absolute atomic E-state index is 0. The Morgan fingerprint density at radius 1 is 1.45 bits per heavy atom. The summed E-state index contributed by atoms with van der Waals surface area (Å²) in [6.07, 6.45) is -3.10. The first-order chi connectivity index (χ1) is 9.31. The number of carbonyl (C=O) groups is 1. The van der Waals surface area contributed by atoms with Gasteiger partial charge in [0.15, 0.2) is 6.61 Å². The number of ether oxygens (including phenoxy) is 1. The fourth-order valence-electron chi connectivity index (χ4n) is 1.27. The summed E-state index contributed by atoms with van der Waals surface area (Å²) in [7, 11) is 0. The Labute approximate surface area is 138 Å². The molecule has 0 aliphatic carbocycles. The second-order valence-corrected chi connectivity index (χ2v) is 4.26. The van der Waals surface area contributed by atoms with Gasteiger partial charge in [-0.1, -0.05) is 6.92 Å². The van der Waals surface area contributed by atoms with Crippen LogP contribution in [0.5, 0.6) is 5.88 Å². The van der Waals surface area contributed by atoms with Crippen molar-refractivity contribution in [3.8, 4) is 5.88 Å². The fourth-order valence-corrected chi connectivity index (χ4v) is 1.27. The van der Waals surface area contributed by atoms with Crippen molar-refractivity contribution in [1.29, 1.82) is 0 Å². The molecule has 0 radical (unpaired) electrons. The number of pyridine rings is 1. The van der Waals surface area contributed by atoms with Gasteiger partial charge in [0.2, 0.25) is 11.8 Å². The Bertz CT molecular complexity index is 461. The van der Waals surface area contributed by atoms with Gasteiger partial charge in [0, 0.05) is 31.3 Å². The van der Waals surface area contributed by atoms with Crippen LogP contribution >= 0.6 is 24.8 Å². The van der Waals surface area contributed by atoms with Crippen LogP contribution in [0.3, 0.4) is 0 Å². The van der Waals surface area contributed by atoms with E-state index in [-0.39, 0.29) is 55.6 Å². The lowest BCUT2D eigenvalue weighted by atomic mass is 10.1. The molecule has 0 saturated carbocycles. The van der Waals surface area contributed by atoms with Crippen LogP contribution in [0.1, 0.15) is 12.5 Å². The number of nitrogens with two attached hydrogens (primary N) is 1. The number of alkyl halides is 3. The van der Waals surface area contributed by atoms with Gasteiger partial charge in [-0.15, -0.1) is 24.8 Å². The van der Waals surface area contributed by atoms with Gasteiger partial charge in [-0.25, -0.2) is 4.98 Å². The van der Waals surface area contributed by atoms with Crippen molar-refractivity contribution >= 4 is 30.7 Å². The average molecular weight is 364 g/mol. The Balaban J connectivity index is 0. The minimum atomic E-state index is -4.41. The molecule has 0 aliphatic heterocycles. The molecule has 1 rings (SSSR count). The second-order valence-electron chi connectivity index (χ2n) is 4.26. The summed E-state index contributed by atoms with van der Waals surface area (Å²) in [6, 6.07) is 2.92. The van der Waals surface area contributed by atoms with E-state index in [0.717, 1.165) is 0 Å². The number of hydrogen-bond acceptors (Lipinski definition) is 4. The molecule has 0 bridgehead atoms. The van der Waals surface area contributed by atoms with Crippen LogP contribution in [0.4, 0.5) is 13.2 Å². The molecule has 1 heterocycles. The summed E-state index contributed by atoms with van der Waals surface area (Å²) in [5, 5.41) is 2.62. The molecular formula is C12H18Cl2F3N3O2. The molecule has 10 heteroatoms. The van der Waals surface area contributed by atoms with Gasteiger partial charge < -0.3 is 15.8 Å². The number of aromatic nitrogens is 1. The van der Waals surface area contributed by atoms with Crippen LogP contribution in [-0.4, -0.2) is 30.2 Å². The number of amides is 1. The second kappa shape index (κ2) is 10.5. The summed E-state index contributed by atoms with van der Waals surface area (Å²) < 4.78 is 40.5. The van der Waals surface area contributed by atoms with Crippen molar-refractivity contribution in [3.63, 3.8) is 0 Å². The van der Waals surface area contributed by atoms with Crippen molar-refractivity contribution in [2.45, 2.75) is 19.6 Å². The Hall–Kier alpha value is -1.25. The van der Waals surface area contributed by atoms with Gasteiger partial charge in [0.05, 0.1) is 0 Å². The van der Waals surface area contributed by atoms with Gasteiger partial charge >= 0.3 is 6.18 Å². The first kappa shape index (κ1) is 23.0. The zero-order valence-corrected chi connectivity index (χ0v) is 13.4. The van der Waals surface area contributed by atoms with E-state index in [2.05, 4.69) is 15.0 Å². The maximum absolute atomic E-state index is 12.0. The number of rotatable bonds is 6. The van der Waals surface area contributed by atoms with Crippen molar-refractivity contribution in [2.24, 2.45) is 11.7 Å². The van der Waals surface area contributed by atoms with Crippen molar-refractivity contribution < 1.29 is 22.7 Å². The molecule has 22 heavy (non-hydrogen) atoms. The van der Waals surface area contributed by atoms with Crippen LogP contribution in [-0.2, 0) is 11.3 Å². The zero-order chi connectivity index (χ0) is 15.2. The maximum atomic E-state index is 12.0. The predicted molar refractivity (Wildman–Crippen MR) is 80.3 cm³/mol. The number of nitrogens with one attached hydrogen (secondary N) is 1. The highest BCUT2D eigenvalue weighted by Crippen LogP contribution is 2.17. The van der Waals surface area contributed by atoms with Crippen molar-refractivity contribution in [3.05, 3.63) is 23.9 Å². The average Bonchev–Trinajstić information content (AvgIpc) is 2.41. The summed E-state index contributed by atoms with van der Waals surface area (Å²) in [5.41, 5.74) is 5.94. The third-order valence-corrected chi connectivity index (χ3v) is 2.45. The van der Waals surface area contributed by atoms with Gasteiger partial charge in [0.25, 0.3) is 0 Å². The normalized spacial score (nSPS) is 11.7. The molecule has 128 valence electrons. The van der Waals surface area contributed by atoms with E-state index in [4.69, 9.17) is 5.73 Å². The monoisotopic (exact) mass is 363 g/mol. The largest absolute Gasteiger partial charge is 0.468 e. The molecule has 1 aromatic heterocycles. The highest BCUT2D eigenvalue weighted by Gasteiger charge is 2.28. The molecule has 0 aromatic carbocycles. The van der Waals surface area contributed by atoms with E-state index < -0.39 is 12.8 Å². The van der Waals surface area contributed by atoms with E-state index in [1.165, 1.54) is 12.3 Å². The molecule has 0 fully saturated rings. The number of nitrogens with zero attached hydrogens (tertiary/aromatic N) is 1. The van der Waals surface area contributed by atoms with Crippen LogP contribution < -0.4 is 15.8 Å². The SMILES string of the molecule is CC(CN)C(=O)NCc1ccnc(OCC(F)(F)F)c1.Cl.Cl. The Kier molecular flexibility index (Phi) is 11.0. The first-order valence-electron chi connectivity index (χ1n) is 5.94. The molecule has 0 saturated heterocycles. The van der Waals surface area contributed by atoms with E-state index >= 15 is 0 Å². The molecule has 1 unspecified atom stereocenters. The van der Waals surface area contributed by atoms with E-state index in [1.807, 2.05) is 0 Å². The van der Waals surface area contributed by atoms with Crippen LogP contribution in [0.2, 0.25) is 0 Å². The number of halogens is 5. The Morgan fingerprint density at radius 3 is 2.64 bits per heavy atom. The number of hydrogen-bond donors (Lipinski definition) is 2. The molecule has 1 atom stereocenters. The van der Waals surface area contributed by atoms with Crippen LogP contribution in [0.15, 0.2) is 18.3 Å². The number of carbonyl (C=O) groups excluding carboxylic acids is 1. The van der Waals surface area contributed by atoms with Crippen molar-refractivity contribution in [2.75, 3.05) is 13.2 Å². The lowest BCUT2D eigenvalue weighted by Crippen LogP contribution is -2.32. The summed E-state index contributed by atoms with van der Waals surface area (Å²) in [4.78, 5) is 15.2. The molecule has 3 N–H and O–H groups in total. The smallest absolute Gasteiger partial charge is 0.422 e. The quantitative estimate of drug-likeness (QED) is 0.810. The maximum Gasteiger partial charge on any atom is 0.422 e. The van der Waals surface area contributed by atoms with Crippen molar-refractivity contribution in [1.82, 2.24) is 10.3 Å². The summed E-state index contributed by atoms with van der Waals surface area (Å²) >= 11 is 0. The molecule has 0 aliphatic rings.